The van der Waals surface area contributed by atoms with Crippen LogP contribution in [-0.2, 0) is 4.79 Å². The van der Waals surface area contributed by atoms with Gasteiger partial charge in [0.15, 0.2) is 5.96 Å². The number of amides is 1. The van der Waals surface area contributed by atoms with Crippen LogP contribution in [0, 0.1) is 11.8 Å². The van der Waals surface area contributed by atoms with E-state index in [1.807, 2.05) is 13.8 Å². The monoisotopic (exact) mass is 325 g/mol. The molecule has 1 fully saturated rings. The summed E-state index contributed by atoms with van der Waals surface area (Å²) in [4.78, 5) is 18.3. The van der Waals surface area contributed by atoms with Crippen LogP contribution in [0.5, 0.6) is 0 Å². The third kappa shape index (κ3) is 8.21. The van der Waals surface area contributed by atoms with Gasteiger partial charge in [0, 0.05) is 51.7 Å². The molecule has 3 N–H and O–H groups in total. The fraction of sp³-hybridized carbons (Fsp3) is 0.882. The topological polar surface area (TPSA) is 68.8 Å². The van der Waals surface area contributed by atoms with Gasteiger partial charge in [-0.15, -0.1) is 0 Å². The zero-order valence-electron chi connectivity index (χ0n) is 15.5. The van der Waals surface area contributed by atoms with Crippen molar-refractivity contribution in [3.8, 4) is 0 Å². The number of likely N-dealkylation sites (tertiary alicyclic amines) is 1. The molecular formula is C17H35N5O. The molecule has 0 aromatic rings. The van der Waals surface area contributed by atoms with Gasteiger partial charge in [-0.3, -0.25) is 9.79 Å². The molecule has 23 heavy (non-hydrogen) atoms. The van der Waals surface area contributed by atoms with Crippen molar-refractivity contribution in [1.82, 2.24) is 20.9 Å². The van der Waals surface area contributed by atoms with Crippen molar-refractivity contribution in [3.63, 3.8) is 0 Å². The first-order chi connectivity index (χ1) is 10.9. The Hall–Kier alpha value is -1.30. The van der Waals surface area contributed by atoms with Gasteiger partial charge < -0.3 is 20.9 Å². The normalized spacial score (nSPS) is 17.6. The minimum absolute atomic E-state index is 0.0310. The van der Waals surface area contributed by atoms with E-state index in [-0.39, 0.29) is 11.8 Å². The Labute approximate surface area is 141 Å². The number of piperidine rings is 1. The van der Waals surface area contributed by atoms with Gasteiger partial charge in [-0.25, -0.2) is 0 Å². The van der Waals surface area contributed by atoms with Crippen LogP contribution in [0.15, 0.2) is 4.99 Å². The maximum absolute atomic E-state index is 11.5. The number of rotatable bonds is 7. The van der Waals surface area contributed by atoms with Gasteiger partial charge in [-0.2, -0.15) is 0 Å². The third-order valence-electron chi connectivity index (χ3n) is 4.02. The van der Waals surface area contributed by atoms with E-state index in [1.54, 1.807) is 7.05 Å². The Bertz CT molecular complexity index is 373. The molecular weight excluding hydrogens is 290 g/mol. The Morgan fingerprint density at radius 2 is 1.74 bits per heavy atom. The number of guanidine groups is 1. The second kappa shape index (κ2) is 10.5. The van der Waals surface area contributed by atoms with Crippen LogP contribution in [0.4, 0.5) is 0 Å². The molecule has 0 aromatic heterocycles. The number of aliphatic imine (C=N–C) groups is 1. The maximum atomic E-state index is 11.5. The lowest BCUT2D eigenvalue weighted by atomic mass is 10.0. The molecule has 0 spiro atoms. The Morgan fingerprint density at radius 1 is 1.13 bits per heavy atom. The molecule has 0 unspecified atom stereocenters. The van der Waals surface area contributed by atoms with Gasteiger partial charge in [-0.1, -0.05) is 27.7 Å². The van der Waals surface area contributed by atoms with E-state index in [4.69, 9.17) is 0 Å². The molecule has 1 heterocycles. The minimum Gasteiger partial charge on any atom is -0.355 e. The largest absolute Gasteiger partial charge is 0.355 e. The highest BCUT2D eigenvalue weighted by Gasteiger charge is 2.20. The first-order valence-electron chi connectivity index (χ1n) is 8.89. The zero-order valence-corrected chi connectivity index (χ0v) is 15.5. The zero-order chi connectivity index (χ0) is 17.2. The summed E-state index contributed by atoms with van der Waals surface area (Å²) < 4.78 is 0. The standard InChI is InChI=1S/C17H35N5O/c1-13(2)12-22-10-6-15(7-11-22)21-17(18-5)20-9-8-19-16(23)14(3)4/h13-15H,6-12H2,1-5H3,(H,19,23)(H2,18,20,21). The van der Waals surface area contributed by atoms with Crippen molar-refractivity contribution in [2.45, 2.75) is 46.6 Å². The highest BCUT2D eigenvalue weighted by molar-refractivity contribution is 5.80. The molecule has 1 rings (SSSR count). The van der Waals surface area contributed by atoms with Crippen molar-refractivity contribution in [3.05, 3.63) is 0 Å². The average molecular weight is 326 g/mol. The van der Waals surface area contributed by atoms with Crippen LogP contribution in [0.25, 0.3) is 0 Å². The molecule has 0 radical (unpaired) electrons. The number of nitrogens with one attached hydrogen (secondary N) is 3. The summed E-state index contributed by atoms with van der Waals surface area (Å²) in [7, 11) is 1.79. The second-order valence-corrected chi connectivity index (χ2v) is 7.06. The summed E-state index contributed by atoms with van der Waals surface area (Å²) in [6.45, 7) is 13.1. The molecule has 1 saturated heterocycles. The van der Waals surface area contributed by atoms with Gasteiger partial charge in [0.25, 0.3) is 0 Å². The van der Waals surface area contributed by atoms with E-state index in [0.29, 0.717) is 19.1 Å². The van der Waals surface area contributed by atoms with Gasteiger partial charge >= 0.3 is 0 Å². The summed E-state index contributed by atoms with van der Waals surface area (Å²) in [5, 5.41) is 9.65. The van der Waals surface area contributed by atoms with Crippen molar-refractivity contribution < 1.29 is 4.79 Å². The average Bonchev–Trinajstić information content (AvgIpc) is 2.51. The van der Waals surface area contributed by atoms with Crippen LogP contribution in [0.3, 0.4) is 0 Å². The molecule has 6 nitrogen and oxygen atoms in total. The van der Waals surface area contributed by atoms with Crippen LogP contribution in [-0.4, -0.2) is 62.6 Å². The van der Waals surface area contributed by atoms with Crippen LogP contribution in [0.1, 0.15) is 40.5 Å². The van der Waals surface area contributed by atoms with E-state index in [1.165, 1.54) is 6.54 Å². The molecule has 134 valence electrons. The quantitative estimate of drug-likeness (QED) is 0.372. The Morgan fingerprint density at radius 3 is 2.26 bits per heavy atom. The Balaban J connectivity index is 2.21. The summed E-state index contributed by atoms with van der Waals surface area (Å²) in [5.41, 5.74) is 0. The molecule has 1 amide bonds. The summed E-state index contributed by atoms with van der Waals surface area (Å²) in [6, 6.07) is 0.481. The van der Waals surface area contributed by atoms with Crippen molar-refractivity contribution in [1.29, 1.82) is 0 Å². The van der Waals surface area contributed by atoms with Gasteiger partial charge in [-0.05, 0) is 18.8 Å². The van der Waals surface area contributed by atoms with E-state index in [0.717, 1.165) is 37.8 Å². The molecule has 0 aliphatic carbocycles. The number of carbonyl (C=O) groups is 1. The lowest BCUT2D eigenvalue weighted by Gasteiger charge is -2.34. The molecule has 1 aliphatic rings. The maximum Gasteiger partial charge on any atom is 0.222 e. The van der Waals surface area contributed by atoms with Gasteiger partial charge in [0.1, 0.15) is 0 Å². The highest BCUT2D eigenvalue weighted by atomic mass is 16.1. The number of nitrogens with zero attached hydrogens (tertiary/aromatic N) is 2. The molecule has 0 atom stereocenters. The van der Waals surface area contributed by atoms with Crippen LogP contribution in [0.2, 0.25) is 0 Å². The fourth-order valence-electron chi connectivity index (χ4n) is 2.73. The first-order valence-corrected chi connectivity index (χ1v) is 8.89. The molecule has 0 saturated carbocycles. The third-order valence-corrected chi connectivity index (χ3v) is 4.02. The Kier molecular flexibility index (Phi) is 8.99. The number of hydrogen-bond donors (Lipinski definition) is 3. The summed E-state index contributed by atoms with van der Waals surface area (Å²) in [6.07, 6.45) is 2.30. The number of hydrogen-bond acceptors (Lipinski definition) is 3. The highest BCUT2D eigenvalue weighted by Crippen LogP contribution is 2.11. The SMILES string of the molecule is CN=C(NCCNC(=O)C(C)C)NC1CCN(CC(C)C)CC1. The van der Waals surface area contributed by atoms with E-state index >= 15 is 0 Å². The lowest BCUT2D eigenvalue weighted by molar-refractivity contribution is -0.123. The van der Waals surface area contributed by atoms with E-state index < -0.39 is 0 Å². The minimum atomic E-state index is 0.0310. The van der Waals surface area contributed by atoms with Crippen LogP contribution >= 0.6 is 0 Å². The predicted octanol–water partition coefficient (Wildman–Crippen LogP) is 1.04. The van der Waals surface area contributed by atoms with E-state index in [9.17, 15) is 4.79 Å². The smallest absolute Gasteiger partial charge is 0.222 e. The van der Waals surface area contributed by atoms with Gasteiger partial charge in [0.2, 0.25) is 5.91 Å². The molecule has 6 heteroatoms. The summed E-state index contributed by atoms with van der Waals surface area (Å²) >= 11 is 0. The molecule has 1 aliphatic heterocycles. The number of carbonyl (C=O) groups excluding carboxylic acids is 1. The second-order valence-electron chi connectivity index (χ2n) is 7.06. The molecule has 0 bridgehead atoms. The lowest BCUT2D eigenvalue weighted by Crippen LogP contribution is -2.50. The van der Waals surface area contributed by atoms with Crippen molar-refractivity contribution in [2.75, 3.05) is 39.8 Å². The predicted molar refractivity (Wildman–Crippen MR) is 96.6 cm³/mol. The first kappa shape index (κ1) is 19.7. The molecule has 0 aromatic carbocycles. The summed E-state index contributed by atoms with van der Waals surface area (Å²) in [5.74, 6) is 1.68. The van der Waals surface area contributed by atoms with E-state index in [2.05, 4.69) is 39.7 Å². The fourth-order valence-corrected chi connectivity index (χ4v) is 2.73. The van der Waals surface area contributed by atoms with Gasteiger partial charge in [0.05, 0.1) is 0 Å². The van der Waals surface area contributed by atoms with Crippen LogP contribution < -0.4 is 16.0 Å². The van der Waals surface area contributed by atoms with Crippen molar-refractivity contribution in [2.24, 2.45) is 16.8 Å². The van der Waals surface area contributed by atoms with Crippen molar-refractivity contribution >= 4 is 11.9 Å².